The summed E-state index contributed by atoms with van der Waals surface area (Å²) in [5.41, 5.74) is 1.62. The summed E-state index contributed by atoms with van der Waals surface area (Å²) in [5, 5.41) is 0.696. The molecular weight excluding hydrogens is 414 g/mol. The number of amides is 1. The summed E-state index contributed by atoms with van der Waals surface area (Å²) >= 11 is 6.25. The van der Waals surface area contributed by atoms with Crippen molar-refractivity contribution in [2.24, 2.45) is 0 Å². The fourth-order valence-electron chi connectivity index (χ4n) is 3.24. The molecule has 0 radical (unpaired) electrons. The van der Waals surface area contributed by atoms with Crippen molar-refractivity contribution >= 4 is 29.3 Å². The smallest absolute Gasteiger partial charge is 0.387 e. The maximum Gasteiger partial charge on any atom is 0.387 e. The molecule has 0 bridgehead atoms. The lowest BCUT2D eigenvalue weighted by atomic mass is 10.1. The minimum absolute atomic E-state index is 0.0361. The van der Waals surface area contributed by atoms with Crippen LogP contribution in [-0.4, -0.2) is 50.2 Å². The van der Waals surface area contributed by atoms with E-state index in [1.54, 1.807) is 30.0 Å². The van der Waals surface area contributed by atoms with Crippen LogP contribution in [0.5, 0.6) is 11.5 Å². The van der Waals surface area contributed by atoms with Crippen LogP contribution in [0.15, 0.2) is 48.5 Å². The SMILES string of the molecule is CCOc1cc(/C=C/C(=O)N2CCN(c3ccccc3Cl)CC2)ccc1OC(F)F. The van der Waals surface area contributed by atoms with E-state index in [1.807, 2.05) is 24.3 Å². The zero-order valence-electron chi connectivity index (χ0n) is 16.6. The number of piperazine rings is 1. The molecule has 0 spiro atoms. The van der Waals surface area contributed by atoms with Gasteiger partial charge in [0.2, 0.25) is 5.91 Å². The van der Waals surface area contributed by atoms with Crippen molar-refractivity contribution in [2.45, 2.75) is 13.5 Å². The molecule has 1 amide bonds. The first kappa shape index (κ1) is 21.9. The summed E-state index contributed by atoms with van der Waals surface area (Å²) in [7, 11) is 0. The highest BCUT2D eigenvalue weighted by Crippen LogP contribution is 2.30. The van der Waals surface area contributed by atoms with Crippen molar-refractivity contribution in [1.29, 1.82) is 0 Å². The maximum absolute atomic E-state index is 12.5. The van der Waals surface area contributed by atoms with E-state index in [2.05, 4.69) is 9.64 Å². The van der Waals surface area contributed by atoms with Gasteiger partial charge in [-0.25, -0.2) is 0 Å². The predicted molar refractivity (Wildman–Crippen MR) is 114 cm³/mol. The first-order valence-electron chi connectivity index (χ1n) is 9.66. The number of anilines is 1. The molecule has 1 aliphatic rings. The van der Waals surface area contributed by atoms with Crippen molar-refractivity contribution in [3.63, 3.8) is 0 Å². The van der Waals surface area contributed by atoms with Crippen LogP contribution in [0.1, 0.15) is 12.5 Å². The van der Waals surface area contributed by atoms with Gasteiger partial charge in [0, 0.05) is 32.3 Å². The molecule has 0 aromatic heterocycles. The van der Waals surface area contributed by atoms with E-state index in [9.17, 15) is 13.6 Å². The Morgan fingerprint density at radius 1 is 1.13 bits per heavy atom. The normalized spacial score (nSPS) is 14.4. The Hall–Kier alpha value is -2.80. The highest BCUT2D eigenvalue weighted by Gasteiger charge is 2.21. The molecule has 0 N–H and O–H groups in total. The van der Waals surface area contributed by atoms with Gasteiger partial charge in [-0.2, -0.15) is 8.78 Å². The maximum atomic E-state index is 12.5. The molecule has 1 saturated heterocycles. The number of hydrogen-bond donors (Lipinski definition) is 0. The number of para-hydroxylation sites is 1. The number of hydrogen-bond acceptors (Lipinski definition) is 4. The predicted octanol–water partition coefficient (Wildman–Crippen LogP) is 4.70. The van der Waals surface area contributed by atoms with Crippen LogP contribution in [-0.2, 0) is 4.79 Å². The highest BCUT2D eigenvalue weighted by atomic mass is 35.5. The lowest BCUT2D eigenvalue weighted by Gasteiger charge is -2.36. The summed E-state index contributed by atoms with van der Waals surface area (Å²) in [6.45, 7) is 1.67. The number of nitrogens with zero attached hydrogens (tertiary/aromatic N) is 2. The Balaban J connectivity index is 1.61. The molecule has 1 fully saturated rings. The third-order valence-corrected chi connectivity index (χ3v) is 5.01. The minimum Gasteiger partial charge on any atom is -0.490 e. The Morgan fingerprint density at radius 3 is 2.53 bits per heavy atom. The van der Waals surface area contributed by atoms with Gasteiger partial charge in [-0.3, -0.25) is 4.79 Å². The number of halogens is 3. The fraction of sp³-hybridized carbons (Fsp3) is 0.318. The first-order chi connectivity index (χ1) is 14.5. The highest BCUT2D eigenvalue weighted by molar-refractivity contribution is 6.33. The summed E-state index contributed by atoms with van der Waals surface area (Å²) in [6, 6.07) is 12.2. The van der Waals surface area contributed by atoms with E-state index in [-0.39, 0.29) is 17.4 Å². The Kier molecular flexibility index (Phi) is 7.52. The van der Waals surface area contributed by atoms with E-state index in [0.717, 1.165) is 5.69 Å². The van der Waals surface area contributed by atoms with Gasteiger partial charge in [-0.1, -0.05) is 29.8 Å². The Bertz CT molecular complexity index is 900. The van der Waals surface area contributed by atoms with Gasteiger partial charge in [-0.05, 0) is 42.8 Å². The summed E-state index contributed by atoms with van der Waals surface area (Å²) in [5.74, 6) is 0.0615. The van der Waals surface area contributed by atoms with Crippen molar-refractivity contribution in [1.82, 2.24) is 4.90 Å². The van der Waals surface area contributed by atoms with Gasteiger partial charge in [0.1, 0.15) is 0 Å². The number of rotatable bonds is 7. The number of benzene rings is 2. The topological polar surface area (TPSA) is 42.0 Å². The van der Waals surface area contributed by atoms with E-state index in [0.29, 0.717) is 43.4 Å². The lowest BCUT2D eigenvalue weighted by molar-refractivity contribution is -0.126. The lowest BCUT2D eigenvalue weighted by Crippen LogP contribution is -2.48. The molecule has 1 aliphatic heterocycles. The van der Waals surface area contributed by atoms with Crippen LogP contribution >= 0.6 is 11.6 Å². The van der Waals surface area contributed by atoms with Gasteiger partial charge in [-0.15, -0.1) is 0 Å². The number of ether oxygens (including phenoxy) is 2. The van der Waals surface area contributed by atoms with Crippen molar-refractivity contribution in [2.75, 3.05) is 37.7 Å². The second-order valence-electron chi connectivity index (χ2n) is 6.61. The summed E-state index contributed by atoms with van der Waals surface area (Å²) in [4.78, 5) is 16.5. The van der Waals surface area contributed by atoms with Gasteiger partial charge in [0.15, 0.2) is 11.5 Å². The quantitative estimate of drug-likeness (QED) is 0.590. The monoisotopic (exact) mass is 436 g/mol. The van der Waals surface area contributed by atoms with Gasteiger partial charge >= 0.3 is 6.61 Å². The second-order valence-corrected chi connectivity index (χ2v) is 7.02. The van der Waals surface area contributed by atoms with Crippen molar-refractivity contribution in [3.8, 4) is 11.5 Å². The Labute approximate surface area is 179 Å². The van der Waals surface area contributed by atoms with Crippen LogP contribution in [0.25, 0.3) is 6.08 Å². The van der Waals surface area contributed by atoms with Crippen LogP contribution in [0.2, 0.25) is 5.02 Å². The van der Waals surface area contributed by atoms with Crippen LogP contribution in [0.4, 0.5) is 14.5 Å². The van der Waals surface area contributed by atoms with E-state index in [4.69, 9.17) is 16.3 Å². The zero-order valence-corrected chi connectivity index (χ0v) is 17.3. The molecule has 1 heterocycles. The molecule has 0 saturated carbocycles. The van der Waals surface area contributed by atoms with E-state index >= 15 is 0 Å². The molecule has 8 heteroatoms. The number of carbonyl (C=O) groups excluding carboxylic acids is 1. The molecule has 5 nitrogen and oxygen atoms in total. The van der Waals surface area contributed by atoms with Crippen molar-refractivity contribution < 1.29 is 23.0 Å². The average molecular weight is 437 g/mol. The average Bonchev–Trinajstić information content (AvgIpc) is 2.74. The standard InChI is InChI=1S/C22H23ClF2N2O3/c1-2-29-20-15-16(7-9-19(20)30-22(24)25)8-10-21(28)27-13-11-26(12-14-27)18-6-4-3-5-17(18)23/h3-10,15,22H,2,11-14H2,1H3/b10-8+. The molecule has 0 unspecified atom stereocenters. The molecule has 0 aliphatic carbocycles. The van der Waals surface area contributed by atoms with Crippen LogP contribution < -0.4 is 14.4 Å². The van der Waals surface area contributed by atoms with Crippen LogP contribution in [0.3, 0.4) is 0 Å². The molecule has 2 aromatic rings. The molecular formula is C22H23ClF2N2O3. The van der Waals surface area contributed by atoms with E-state index in [1.165, 1.54) is 12.1 Å². The summed E-state index contributed by atoms with van der Waals surface area (Å²) in [6.07, 6.45) is 3.11. The largest absolute Gasteiger partial charge is 0.490 e. The fourth-order valence-corrected chi connectivity index (χ4v) is 3.49. The Morgan fingerprint density at radius 2 is 1.87 bits per heavy atom. The van der Waals surface area contributed by atoms with Crippen molar-refractivity contribution in [3.05, 3.63) is 59.1 Å². The number of carbonyl (C=O) groups is 1. The van der Waals surface area contributed by atoms with Gasteiger partial charge < -0.3 is 19.3 Å². The molecule has 2 aromatic carbocycles. The summed E-state index contributed by atoms with van der Waals surface area (Å²) < 4.78 is 34.8. The van der Waals surface area contributed by atoms with Gasteiger partial charge in [0.05, 0.1) is 17.3 Å². The third-order valence-electron chi connectivity index (χ3n) is 4.69. The van der Waals surface area contributed by atoms with Crippen LogP contribution in [0, 0.1) is 0 Å². The zero-order chi connectivity index (χ0) is 21.5. The second kappa shape index (κ2) is 10.3. The minimum atomic E-state index is -2.93. The first-order valence-corrected chi connectivity index (χ1v) is 10.0. The third kappa shape index (κ3) is 5.63. The van der Waals surface area contributed by atoms with E-state index < -0.39 is 6.61 Å². The molecule has 160 valence electrons. The molecule has 3 rings (SSSR count). The number of alkyl halides is 2. The van der Waals surface area contributed by atoms with Gasteiger partial charge in [0.25, 0.3) is 0 Å². The molecule has 0 atom stereocenters. The molecule has 30 heavy (non-hydrogen) atoms.